The molecule has 1 saturated heterocycles. The Kier molecular flexibility index (Phi) is 6.09. The lowest BCUT2D eigenvalue weighted by Crippen LogP contribution is -2.50. The van der Waals surface area contributed by atoms with Crippen LogP contribution >= 0.6 is 0 Å². The summed E-state index contributed by atoms with van der Waals surface area (Å²) in [6.07, 6.45) is 1.50. The zero-order chi connectivity index (χ0) is 22.6. The molecule has 8 nitrogen and oxygen atoms in total. The second-order valence-electron chi connectivity index (χ2n) is 7.49. The van der Waals surface area contributed by atoms with Crippen LogP contribution in [0.4, 0.5) is 14.6 Å². The summed E-state index contributed by atoms with van der Waals surface area (Å²) < 4.78 is 37.9. The normalized spacial score (nSPS) is 14.3. The van der Waals surface area contributed by atoms with Crippen LogP contribution in [0.3, 0.4) is 0 Å². The number of halogens is 2. The van der Waals surface area contributed by atoms with Gasteiger partial charge in [0.1, 0.15) is 24.2 Å². The van der Waals surface area contributed by atoms with E-state index in [0.29, 0.717) is 11.3 Å². The third kappa shape index (κ3) is 5.25. The van der Waals surface area contributed by atoms with Crippen molar-refractivity contribution in [3.8, 4) is 11.8 Å². The molecule has 0 aliphatic carbocycles. The average molecular weight is 439 g/mol. The number of ether oxygens (including phenoxy) is 2. The second-order valence-corrected chi connectivity index (χ2v) is 7.49. The molecule has 2 aromatic carbocycles. The highest BCUT2D eigenvalue weighted by atomic mass is 19.1. The molecule has 1 aliphatic heterocycles. The Hall–Kier alpha value is -3.84. The summed E-state index contributed by atoms with van der Waals surface area (Å²) in [6.45, 7) is 0.199. The first-order valence-corrected chi connectivity index (χ1v) is 9.79. The minimum Gasteiger partial charge on any atom is -0.490 e. The van der Waals surface area contributed by atoms with Gasteiger partial charge < -0.3 is 14.8 Å². The van der Waals surface area contributed by atoms with E-state index in [4.69, 9.17) is 14.7 Å². The quantitative estimate of drug-likeness (QED) is 0.579. The fourth-order valence-electron chi connectivity index (χ4n) is 3.04. The van der Waals surface area contributed by atoms with Crippen molar-refractivity contribution in [2.24, 2.45) is 0 Å². The summed E-state index contributed by atoms with van der Waals surface area (Å²) in [5.41, 5.74) is -0.128. The number of hydrogen-bond donors (Lipinski definition) is 1. The van der Waals surface area contributed by atoms with Crippen molar-refractivity contribution in [2.45, 2.75) is 18.6 Å². The van der Waals surface area contributed by atoms with E-state index in [-0.39, 0.29) is 50.1 Å². The standard InChI is InChI=1S/C22H19F2N5O3/c23-19-7-16(1-4-17(19)9-25)11-29-26-10-20(28-29)27-21(30)8-15-2-5-18(6-3-15)32-14-22(24)12-31-13-22/h1-7,10H,8,11-14H2,(H,27,28,30). The van der Waals surface area contributed by atoms with Gasteiger partial charge in [0.15, 0.2) is 11.5 Å². The molecule has 1 N–H and O–H groups in total. The largest absolute Gasteiger partial charge is 0.490 e. The van der Waals surface area contributed by atoms with Crippen LogP contribution in [0.1, 0.15) is 16.7 Å². The maximum absolute atomic E-state index is 13.9. The number of nitriles is 1. The van der Waals surface area contributed by atoms with Crippen LogP contribution in [0.5, 0.6) is 5.75 Å². The Morgan fingerprint density at radius 3 is 2.66 bits per heavy atom. The highest BCUT2D eigenvalue weighted by Gasteiger charge is 2.39. The first-order chi connectivity index (χ1) is 15.4. The number of nitrogens with zero attached hydrogens (tertiary/aromatic N) is 4. The maximum Gasteiger partial charge on any atom is 0.230 e. The third-order valence-corrected chi connectivity index (χ3v) is 4.79. The first-order valence-electron chi connectivity index (χ1n) is 9.79. The molecular weight excluding hydrogens is 420 g/mol. The maximum atomic E-state index is 13.9. The zero-order valence-electron chi connectivity index (χ0n) is 16.9. The van der Waals surface area contributed by atoms with E-state index >= 15 is 0 Å². The Balaban J connectivity index is 1.27. The van der Waals surface area contributed by atoms with E-state index in [0.717, 1.165) is 5.56 Å². The van der Waals surface area contributed by atoms with E-state index < -0.39 is 11.5 Å². The van der Waals surface area contributed by atoms with Crippen molar-refractivity contribution < 1.29 is 23.0 Å². The molecule has 0 unspecified atom stereocenters. The SMILES string of the molecule is N#Cc1ccc(Cn2ncc(NC(=O)Cc3ccc(OCC4(F)COC4)cc3)n2)cc1F. The van der Waals surface area contributed by atoms with Crippen LogP contribution in [0.25, 0.3) is 0 Å². The molecule has 1 amide bonds. The molecule has 0 spiro atoms. The van der Waals surface area contributed by atoms with Gasteiger partial charge in [-0.2, -0.15) is 15.2 Å². The monoisotopic (exact) mass is 439 g/mol. The lowest BCUT2D eigenvalue weighted by molar-refractivity contribution is -0.146. The van der Waals surface area contributed by atoms with Gasteiger partial charge in [-0.15, -0.1) is 5.10 Å². The minimum atomic E-state index is -1.43. The van der Waals surface area contributed by atoms with Gasteiger partial charge >= 0.3 is 0 Å². The molecule has 32 heavy (non-hydrogen) atoms. The van der Waals surface area contributed by atoms with Gasteiger partial charge in [0.05, 0.1) is 37.9 Å². The lowest BCUT2D eigenvalue weighted by atomic mass is 10.1. The van der Waals surface area contributed by atoms with Crippen molar-refractivity contribution in [3.05, 3.63) is 71.2 Å². The Labute approximate surface area is 182 Å². The van der Waals surface area contributed by atoms with E-state index in [1.54, 1.807) is 36.4 Å². The molecule has 10 heteroatoms. The molecule has 0 atom stereocenters. The van der Waals surface area contributed by atoms with E-state index in [2.05, 4.69) is 15.5 Å². The van der Waals surface area contributed by atoms with Crippen LogP contribution in [0.15, 0.2) is 48.7 Å². The number of amides is 1. The molecule has 1 fully saturated rings. The Bertz CT molecular complexity index is 1150. The number of rotatable bonds is 8. The van der Waals surface area contributed by atoms with Crippen LogP contribution < -0.4 is 10.1 Å². The Morgan fingerprint density at radius 1 is 1.25 bits per heavy atom. The fourth-order valence-corrected chi connectivity index (χ4v) is 3.04. The molecule has 0 bridgehead atoms. The van der Waals surface area contributed by atoms with E-state index in [1.807, 2.05) is 0 Å². The van der Waals surface area contributed by atoms with Crippen molar-refractivity contribution in [3.63, 3.8) is 0 Å². The van der Waals surface area contributed by atoms with Crippen LogP contribution in [0, 0.1) is 17.1 Å². The zero-order valence-corrected chi connectivity index (χ0v) is 16.9. The summed E-state index contributed by atoms with van der Waals surface area (Å²) in [5, 5.41) is 19.7. The molecule has 0 saturated carbocycles. The fraction of sp³-hybridized carbons (Fsp3) is 0.273. The van der Waals surface area contributed by atoms with Crippen molar-refractivity contribution >= 4 is 11.7 Å². The molecule has 3 aromatic rings. The number of nitrogens with one attached hydrogen (secondary N) is 1. The summed E-state index contributed by atoms with van der Waals surface area (Å²) in [7, 11) is 0. The highest BCUT2D eigenvalue weighted by molar-refractivity contribution is 5.91. The third-order valence-electron chi connectivity index (χ3n) is 4.79. The lowest BCUT2D eigenvalue weighted by Gasteiger charge is -2.33. The minimum absolute atomic E-state index is 0.0333. The average Bonchev–Trinajstić information content (AvgIpc) is 3.18. The summed E-state index contributed by atoms with van der Waals surface area (Å²) in [6, 6.07) is 12.8. The van der Waals surface area contributed by atoms with Gasteiger partial charge in [-0.05, 0) is 35.4 Å². The van der Waals surface area contributed by atoms with Gasteiger partial charge in [0.25, 0.3) is 0 Å². The Morgan fingerprint density at radius 2 is 2.00 bits per heavy atom. The summed E-state index contributed by atoms with van der Waals surface area (Å²) >= 11 is 0. The number of aromatic nitrogens is 3. The topological polar surface area (TPSA) is 102 Å². The van der Waals surface area contributed by atoms with Gasteiger partial charge in [-0.3, -0.25) is 4.79 Å². The van der Waals surface area contributed by atoms with Crippen LogP contribution in [-0.2, 0) is 22.5 Å². The number of carbonyl (C=O) groups excluding carboxylic acids is 1. The molecule has 1 aromatic heterocycles. The predicted molar refractivity (Wildman–Crippen MR) is 109 cm³/mol. The number of carbonyl (C=O) groups is 1. The van der Waals surface area contributed by atoms with Crippen LogP contribution in [-0.4, -0.2) is 46.4 Å². The molecule has 164 valence electrons. The number of alkyl halides is 1. The molecule has 1 aliphatic rings. The number of benzene rings is 2. The van der Waals surface area contributed by atoms with E-state index in [1.165, 1.54) is 23.1 Å². The first kappa shape index (κ1) is 21.4. The van der Waals surface area contributed by atoms with Crippen molar-refractivity contribution in [1.29, 1.82) is 5.26 Å². The van der Waals surface area contributed by atoms with Crippen molar-refractivity contribution in [2.75, 3.05) is 25.1 Å². The van der Waals surface area contributed by atoms with Crippen molar-refractivity contribution in [1.82, 2.24) is 15.0 Å². The molecule has 0 radical (unpaired) electrons. The van der Waals surface area contributed by atoms with Gasteiger partial charge in [-0.1, -0.05) is 18.2 Å². The molecule has 2 heterocycles. The van der Waals surface area contributed by atoms with Crippen LogP contribution in [0.2, 0.25) is 0 Å². The van der Waals surface area contributed by atoms with Gasteiger partial charge in [0, 0.05) is 0 Å². The molecular formula is C22H19F2N5O3. The highest BCUT2D eigenvalue weighted by Crippen LogP contribution is 2.23. The second kappa shape index (κ2) is 9.11. The van der Waals surface area contributed by atoms with Gasteiger partial charge in [0.2, 0.25) is 5.91 Å². The number of hydrogen-bond acceptors (Lipinski definition) is 6. The number of anilines is 1. The van der Waals surface area contributed by atoms with E-state index in [9.17, 15) is 13.6 Å². The summed E-state index contributed by atoms with van der Waals surface area (Å²) in [4.78, 5) is 13.6. The van der Waals surface area contributed by atoms with Gasteiger partial charge in [-0.25, -0.2) is 8.78 Å². The predicted octanol–water partition coefficient (Wildman–Crippen LogP) is 2.64. The smallest absolute Gasteiger partial charge is 0.230 e. The molecule has 4 rings (SSSR count). The summed E-state index contributed by atoms with van der Waals surface area (Å²) in [5.74, 6) is -0.117.